The van der Waals surface area contributed by atoms with E-state index in [9.17, 15) is 25.1 Å². The molecule has 1 saturated carbocycles. The fraction of sp³-hybridized carbons (Fsp3) is 0.688. The van der Waals surface area contributed by atoms with E-state index in [2.05, 4.69) is 5.32 Å². The van der Waals surface area contributed by atoms with Gasteiger partial charge in [0.2, 0.25) is 0 Å². The third kappa shape index (κ3) is 3.37. The number of aliphatic hydroxyl groups excluding tert-OH is 2. The lowest BCUT2D eigenvalue weighted by Gasteiger charge is -2.32. The molecule has 2 rings (SSSR count). The van der Waals surface area contributed by atoms with Crippen LogP contribution in [0.3, 0.4) is 0 Å². The Balaban J connectivity index is 2.36. The van der Waals surface area contributed by atoms with E-state index in [1.54, 1.807) is 6.07 Å². The molecule has 3 N–H and O–H groups in total. The fourth-order valence-corrected chi connectivity index (χ4v) is 3.33. The van der Waals surface area contributed by atoms with Gasteiger partial charge in [-0.05, 0) is 18.8 Å². The number of rotatable bonds is 5. The van der Waals surface area contributed by atoms with Crippen LogP contribution in [0.25, 0.3) is 0 Å². The monoisotopic (exact) mass is 336 g/mol. The van der Waals surface area contributed by atoms with E-state index in [1.165, 1.54) is 14.1 Å². The lowest BCUT2D eigenvalue weighted by atomic mass is 9.83. The van der Waals surface area contributed by atoms with Crippen molar-refractivity contribution in [3.05, 3.63) is 26.4 Å². The van der Waals surface area contributed by atoms with Gasteiger partial charge in [0.1, 0.15) is 11.9 Å². The Morgan fingerprint density at radius 3 is 2.42 bits per heavy atom. The van der Waals surface area contributed by atoms with Crippen LogP contribution in [0.4, 0.5) is 5.82 Å². The Morgan fingerprint density at radius 1 is 1.25 bits per heavy atom. The maximum atomic E-state index is 12.1. The SMILES string of the molecule is Cn1c(N[C@H](CO)[C@H](O)C2CCCCC2)c(C#N)c(=O)n(C)c1=O. The lowest BCUT2D eigenvalue weighted by molar-refractivity contribution is 0.0491. The lowest BCUT2D eigenvalue weighted by Crippen LogP contribution is -2.46. The van der Waals surface area contributed by atoms with E-state index in [4.69, 9.17) is 0 Å². The molecule has 132 valence electrons. The summed E-state index contributed by atoms with van der Waals surface area (Å²) in [5.74, 6) is 0.0806. The zero-order chi connectivity index (χ0) is 17.9. The van der Waals surface area contributed by atoms with Gasteiger partial charge >= 0.3 is 5.69 Å². The Bertz CT molecular complexity index is 740. The highest BCUT2D eigenvalue weighted by atomic mass is 16.3. The van der Waals surface area contributed by atoms with Crippen LogP contribution in [0, 0.1) is 17.2 Å². The van der Waals surface area contributed by atoms with Crippen LogP contribution in [0.1, 0.15) is 37.7 Å². The standard InChI is InChI=1S/C16H24N4O4/c1-19-14(11(8-17)15(23)20(2)16(19)24)18-12(9-21)13(22)10-6-4-3-5-7-10/h10,12-13,18,21-22H,3-7,9H2,1-2H3/t12-,13-/m1/s1. The highest BCUT2D eigenvalue weighted by Gasteiger charge is 2.30. The minimum atomic E-state index is -0.819. The normalized spacial score (nSPS) is 18.0. The van der Waals surface area contributed by atoms with Gasteiger partial charge in [0.25, 0.3) is 5.56 Å². The van der Waals surface area contributed by atoms with Gasteiger partial charge in [0.15, 0.2) is 5.56 Å². The van der Waals surface area contributed by atoms with Crippen LogP contribution in [0.5, 0.6) is 0 Å². The van der Waals surface area contributed by atoms with E-state index in [0.717, 1.165) is 41.2 Å². The molecule has 0 amide bonds. The Kier molecular flexibility index (Phi) is 5.80. The summed E-state index contributed by atoms with van der Waals surface area (Å²) < 4.78 is 2.01. The van der Waals surface area contributed by atoms with E-state index >= 15 is 0 Å². The molecule has 0 aromatic carbocycles. The first-order valence-corrected chi connectivity index (χ1v) is 8.18. The molecule has 1 aliphatic rings. The van der Waals surface area contributed by atoms with E-state index in [0.29, 0.717) is 0 Å². The van der Waals surface area contributed by atoms with Crippen molar-refractivity contribution in [3.8, 4) is 6.07 Å². The van der Waals surface area contributed by atoms with Gasteiger partial charge in [-0.3, -0.25) is 13.9 Å². The number of nitriles is 1. The van der Waals surface area contributed by atoms with Crippen LogP contribution < -0.4 is 16.6 Å². The van der Waals surface area contributed by atoms with Gasteiger partial charge in [-0.2, -0.15) is 5.26 Å². The second kappa shape index (κ2) is 7.64. The van der Waals surface area contributed by atoms with Crippen LogP contribution in [-0.2, 0) is 14.1 Å². The van der Waals surface area contributed by atoms with Crippen molar-refractivity contribution in [2.24, 2.45) is 20.0 Å². The van der Waals surface area contributed by atoms with Crippen LogP contribution in [0.2, 0.25) is 0 Å². The first kappa shape index (κ1) is 18.2. The number of anilines is 1. The molecular formula is C16H24N4O4. The highest BCUT2D eigenvalue weighted by molar-refractivity contribution is 5.52. The molecule has 8 nitrogen and oxygen atoms in total. The smallest absolute Gasteiger partial charge is 0.332 e. The van der Waals surface area contributed by atoms with Gasteiger partial charge in [-0.1, -0.05) is 19.3 Å². The molecule has 0 unspecified atom stereocenters. The second-order valence-electron chi connectivity index (χ2n) is 6.36. The average Bonchev–Trinajstić information content (AvgIpc) is 2.62. The topological polar surface area (TPSA) is 120 Å². The van der Waals surface area contributed by atoms with Gasteiger partial charge in [-0.25, -0.2) is 4.79 Å². The summed E-state index contributed by atoms with van der Waals surface area (Å²) >= 11 is 0. The second-order valence-corrected chi connectivity index (χ2v) is 6.36. The van der Waals surface area contributed by atoms with Crippen molar-refractivity contribution in [2.45, 2.75) is 44.2 Å². The largest absolute Gasteiger partial charge is 0.394 e. The Labute approximate surface area is 140 Å². The number of aliphatic hydroxyl groups is 2. The first-order valence-electron chi connectivity index (χ1n) is 8.18. The van der Waals surface area contributed by atoms with Crippen molar-refractivity contribution in [1.82, 2.24) is 9.13 Å². The number of nitrogens with one attached hydrogen (secondary N) is 1. The minimum absolute atomic E-state index is 0.0273. The molecule has 1 aromatic rings. The quantitative estimate of drug-likeness (QED) is 0.677. The highest BCUT2D eigenvalue weighted by Crippen LogP contribution is 2.28. The third-order valence-corrected chi connectivity index (χ3v) is 4.84. The van der Waals surface area contributed by atoms with Crippen molar-refractivity contribution in [3.63, 3.8) is 0 Å². The summed E-state index contributed by atoms with van der Waals surface area (Å²) in [4.78, 5) is 24.2. The molecule has 0 aliphatic heterocycles. The summed E-state index contributed by atoms with van der Waals surface area (Å²) in [5, 5.41) is 32.3. The Morgan fingerprint density at radius 2 is 1.88 bits per heavy atom. The number of nitrogens with zero attached hydrogens (tertiary/aromatic N) is 3. The van der Waals surface area contributed by atoms with Crippen molar-refractivity contribution >= 4 is 5.82 Å². The van der Waals surface area contributed by atoms with E-state index in [1.807, 2.05) is 0 Å². The summed E-state index contributed by atoms with van der Waals surface area (Å²) in [6.45, 7) is -0.369. The summed E-state index contributed by atoms with van der Waals surface area (Å²) in [6, 6.07) is 1.05. The summed E-state index contributed by atoms with van der Waals surface area (Å²) in [5.41, 5.74) is -1.49. The minimum Gasteiger partial charge on any atom is -0.394 e. The van der Waals surface area contributed by atoms with Crippen molar-refractivity contribution in [2.75, 3.05) is 11.9 Å². The van der Waals surface area contributed by atoms with Gasteiger partial charge < -0.3 is 15.5 Å². The van der Waals surface area contributed by atoms with Crippen LogP contribution >= 0.6 is 0 Å². The predicted molar refractivity (Wildman–Crippen MR) is 88.7 cm³/mol. The molecule has 0 radical (unpaired) electrons. The molecule has 1 aromatic heterocycles. The molecule has 24 heavy (non-hydrogen) atoms. The fourth-order valence-electron chi connectivity index (χ4n) is 3.33. The molecular weight excluding hydrogens is 312 g/mol. The van der Waals surface area contributed by atoms with Crippen LogP contribution in [-0.4, -0.2) is 38.1 Å². The first-order chi connectivity index (χ1) is 11.4. The number of hydrogen-bond acceptors (Lipinski definition) is 6. The zero-order valence-electron chi connectivity index (χ0n) is 14.0. The molecule has 0 saturated heterocycles. The molecule has 1 aliphatic carbocycles. The molecule has 0 spiro atoms. The van der Waals surface area contributed by atoms with E-state index in [-0.39, 0.29) is 23.9 Å². The van der Waals surface area contributed by atoms with Gasteiger partial charge in [0.05, 0.1) is 18.8 Å². The summed E-state index contributed by atoms with van der Waals surface area (Å²) in [6.07, 6.45) is 4.14. The number of hydrogen-bond donors (Lipinski definition) is 3. The molecule has 2 atom stereocenters. The summed E-state index contributed by atoms with van der Waals surface area (Å²) in [7, 11) is 2.74. The van der Waals surface area contributed by atoms with Crippen molar-refractivity contribution in [1.29, 1.82) is 5.26 Å². The third-order valence-electron chi connectivity index (χ3n) is 4.84. The average molecular weight is 336 g/mol. The molecule has 8 heteroatoms. The predicted octanol–water partition coefficient (Wildman–Crippen LogP) is -0.330. The molecule has 1 fully saturated rings. The van der Waals surface area contributed by atoms with Gasteiger partial charge in [-0.15, -0.1) is 0 Å². The maximum absolute atomic E-state index is 12.1. The maximum Gasteiger partial charge on any atom is 0.332 e. The van der Waals surface area contributed by atoms with Crippen LogP contribution in [0.15, 0.2) is 9.59 Å². The number of aromatic nitrogens is 2. The molecule has 1 heterocycles. The van der Waals surface area contributed by atoms with Gasteiger partial charge in [0, 0.05) is 14.1 Å². The molecule has 0 bridgehead atoms. The Hall–Kier alpha value is -2.11. The van der Waals surface area contributed by atoms with E-state index < -0.39 is 23.4 Å². The zero-order valence-corrected chi connectivity index (χ0v) is 14.0. The van der Waals surface area contributed by atoms with Crippen molar-refractivity contribution < 1.29 is 10.2 Å².